The van der Waals surface area contributed by atoms with Crippen molar-refractivity contribution in [3.8, 4) is 5.75 Å². The molecule has 8 heteroatoms. The van der Waals surface area contributed by atoms with E-state index in [4.69, 9.17) is 11.6 Å². The molecule has 3 aromatic carbocycles. The van der Waals surface area contributed by atoms with Gasteiger partial charge in [0.1, 0.15) is 5.75 Å². The average Bonchev–Trinajstić information content (AvgIpc) is 2.71. The number of rotatable bonds is 7. The van der Waals surface area contributed by atoms with E-state index in [1.807, 2.05) is 41.6 Å². The number of nitrogens with zero attached hydrogens (tertiary/aromatic N) is 2. The van der Waals surface area contributed by atoms with Crippen LogP contribution in [0.4, 0.5) is 11.4 Å². The Hall–Kier alpha value is -2.74. The number of halogens is 1. The van der Waals surface area contributed by atoms with Crippen molar-refractivity contribution in [3.63, 3.8) is 0 Å². The maximum atomic E-state index is 11.2. The lowest BCUT2D eigenvalue weighted by atomic mass is 10.1. The van der Waals surface area contributed by atoms with Crippen LogP contribution in [0.15, 0.2) is 65.6 Å². The fraction of sp³-hybridized carbons (Fsp3) is 0.182. The van der Waals surface area contributed by atoms with Gasteiger partial charge in [-0.2, -0.15) is 0 Å². The van der Waals surface area contributed by atoms with Crippen molar-refractivity contribution in [1.29, 1.82) is 0 Å². The normalized spacial score (nSPS) is 11.9. The summed E-state index contributed by atoms with van der Waals surface area (Å²) >= 11 is 7.53. The van der Waals surface area contributed by atoms with Gasteiger partial charge in [0.2, 0.25) is 0 Å². The van der Waals surface area contributed by atoms with E-state index in [1.165, 1.54) is 30.1 Å². The van der Waals surface area contributed by atoms with Crippen LogP contribution in [0.1, 0.15) is 29.7 Å². The minimum absolute atomic E-state index is 0.0113. The average molecular weight is 445 g/mol. The molecular weight excluding hydrogens is 424 g/mol. The number of non-ortho nitro benzene ring substituents is 1. The van der Waals surface area contributed by atoms with Gasteiger partial charge in [0.15, 0.2) is 0 Å². The Labute approximate surface area is 184 Å². The molecule has 30 heavy (non-hydrogen) atoms. The zero-order valence-corrected chi connectivity index (χ0v) is 18.0. The van der Waals surface area contributed by atoms with E-state index in [1.54, 1.807) is 19.1 Å². The highest BCUT2D eigenvalue weighted by Gasteiger charge is 2.21. The van der Waals surface area contributed by atoms with Crippen LogP contribution in [0.2, 0.25) is 5.02 Å². The fourth-order valence-corrected chi connectivity index (χ4v) is 4.24. The van der Waals surface area contributed by atoms with Gasteiger partial charge < -0.3 is 14.5 Å². The predicted molar refractivity (Wildman–Crippen MR) is 120 cm³/mol. The topological polar surface area (TPSA) is 86.8 Å². The van der Waals surface area contributed by atoms with E-state index < -0.39 is 11.0 Å². The second-order valence-corrected chi connectivity index (χ2v) is 8.36. The smallest absolute Gasteiger partial charge is 0.270 e. The summed E-state index contributed by atoms with van der Waals surface area (Å²) in [4.78, 5) is 11.5. The molecule has 0 radical (unpaired) electrons. The van der Waals surface area contributed by atoms with Crippen molar-refractivity contribution in [3.05, 3.63) is 92.5 Å². The van der Waals surface area contributed by atoms with Crippen LogP contribution < -0.4 is 4.31 Å². The fourth-order valence-electron chi connectivity index (χ4n) is 2.95. The first-order chi connectivity index (χ1) is 14.3. The van der Waals surface area contributed by atoms with Gasteiger partial charge in [-0.15, -0.1) is 0 Å². The van der Waals surface area contributed by atoms with Crippen LogP contribution >= 0.6 is 23.5 Å². The van der Waals surface area contributed by atoms with E-state index >= 15 is 0 Å². The zero-order chi connectivity index (χ0) is 21.8. The summed E-state index contributed by atoms with van der Waals surface area (Å²) in [5, 5.41) is 32.5. The number of hydrogen-bond donors (Lipinski definition) is 2. The van der Waals surface area contributed by atoms with Crippen LogP contribution in [0, 0.1) is 17.0 Å². The summed E-state index contributed by atoms with van der Waals surface area (Å²) in [6.45, 7) is 3.82. The first-order valence-electron chi connectivity index (χ1n) is 9.21. The minimum Gasteiger partial charge on any atom is -0.505 e. The van der Waals surface area contributed by atoms with Crippen LogP contribution in [-0.2, 0) is 6.54 Å². The molecule has 0 spiro atoms. The third-order valence-electron chi connectivity index (χ3n) is 4.56. The number of aromatic hydroxyl groups is 1. The van der Waals surface area contributed by atoms with Gasteiger partial charge >= 0.3 is 0 Å². The lowest BCUT2D eigenvalue weighted by Crippen LogP contribution is -2.15. The highest BCUT2D eigenvalue weighted by atomic mass is 35.5. The highest BCUT2D eigenvalue weighted by molar-refractivity contribution is 8.00. The molecule has 1 atom stereocenters. The van der Waals surface area contributed by atoms with E-state index in [2.05, 4.69) is 0 Å². The van der Waals surface area contributed by atoms with Gasteiger partial charge in [-0.05, 0) is 49.1 Å². The van der Waals surface area contributed by atoms with E-state index in [-0.39, 0.29) is 11.4 Å². The number of aliphatic hydroxyl groups excluding tert-OH is 1. The maximum absolute atomic E-state index is 11.2. The van der Waals surface area contributed by atoms with Gasteiger partial charge in [0, 0.05) is 27.6 Å². The molecule has 3 aromatic rings. The molecule has 0 saturated heterocycles. The van der Waals surface area contributed by atoms with Crippen molar-refractivity contribution in [1.82, 2.24) is 0 Å². The largest absolute Gasteiger partial charge is 0.505 e. The molecule has 0 aromatic heterocycles. The monoisotopic (exact) mass is 444 g/mol. The minimum atomic E-state index is -0.912. The molecule has 6 nitrogen and oxygen atoms in total. The standard InChI is InChI=1S/C22H21ClN2O4S/c1-14-8-9-18(25(28)29)12-21(14)30-24(13-16-6-4-3-5-7-16)20-11-17(23)10-19(15(2)26)22(20)27/h3-12,15,26-27H,13H2,1-2H3. The van der Waals surface area contributed by atoms with Crippen LogP contribution in [0.25, 0.3) is 0 Å². The molecule has 0 aliphatic carbocycles. The van der Waals surface area contributed by atoms with Crippen molar-refractivity contribution in [2.75, 3.05) is 4.31 Å². The molecule has 156 valence electrons. The van der Waals surface area contributed by atoms with Crippen molar-refractivity contribution < 1.29 is 15.1 Å². The van der Waals surface area contributed by atoms with Gasteiger partial charge in [-0.25, -0.2) is 0 Å². The number of phenols is 1. The number of aliphatic hydroxyl groups is 1. The molecule has 0 aliphatic heterocycles. The number of phenolic OH excluding ortho intramolecular Hbond substituents is 1. The van der Waals surface area contributed by atoms with Crippen LogP contribution in [0.5, 0.6) is 5.75 Å². The molecule has 0 fully saturated rings. The van der Waals surface area contributed by atoms with Crippen molar-refractivity contribution >= 4 is 34.9 Å². The Balaban J connectivity index is 2.09. The molecule has 2 N–H and O–H groups in total. The van der Waals surface area contributed by atoms with Gasteiger partial charge in [0.25, 0.3) is 5.69 Å². The lowest BCUT2D eigenvalue weighted by molar-refractivity contribution is -0.385. The number of anilines is 1. The van der Waals surface area contributed by atoms with Gasteiger partial charge in [0.05, 0.1) is 23.3 Å². The summed E-state index contributed by atoms with van der Waals surface area (Å²) in [5.74, 6) is -0.0825. The van der Waals surface area contributed by atoms with Crippen molar-refractivity contribution in [2.24, 2.45) is 0 Å². The zero-order valence-electron chi connectivity index (χ0n) is 16.4. The van der Waals surface area contributed by atoms with Crippen LogP contribution in [-0.4, -0.2) is 15.1 Å². The Bertz CT molecular complexity index is 1060. The number of aryl methyl sites for hydroxylation is 1. The number of nitro groups is 1. The van der Waals surface area contributed by atoms with Crippen LogP contribution in [0.3, 0.4) is 0 Å². The molecule has 0 bridgehead atoms. The molecule has 3 rings (SSSR count). The Morgan fingerprint density at radius 1 is 1.17 bits per heavy atom. The number of hydrogen-bond acceptors (Lipinski definition) is 6. The maximum Gasteiger partial charge on any atom is 0.270 e. The Morgan fingerprint density at radius 3 is 2.50 bits per heavy atom. The van der Waals surface area contributed by atoms with Gasteiger partial charge in [-0.3, -0.25) is 10.1 Å². The summed E-state index contributed by atoms with van der Waals surface area (Å²) in [7, 11) is 0. The highest BCUT2D eigenvalue weighted by Crippen LogP contribution is 2.43. The molecule has 1 unspecified atom stereocenters. The van der Waals surface area contributed by atoms with Gasteiger partial charge in [-0.1, -0.05) is 48.0 Å². The summed E-state index contributed by atoms with van der Waals surface area (Å²) in [6, 6.07) is 17.4. The summed E-state index contributed by atoms with van der Waals surface area (Å²) < 4.78 is 1.81. The quantitative estimate of drug-likeness (QED) is 0.263. The Kier molecular flexibility index (Phi) is 6.87. The third-order valence-corrected chi connectivity index (χ3v) is 5.96. The second-order valence-electron chi connectivity index (χ2n) is 6.86. The summed E-state index contributed by atoms with van der Waals surface area (Å²) in [5.41, 5.74) is 2.56. The molecule has 0 aliphatic rings. The summed E-state index contributed by atoms with van der Waals surface area (Å²) in [6.07, 6.45) is -0.912. The van der Waals surface area contributed by atoms with E-state index in [0.29, 0.717) is 27.7 Å². The first kappa shape index (κ1) is 22.0. The predicted octanol–water partition coefficient (Wildman–Crippen LogP) is 6.03. The van der Waals surface area contributed by atoms with E-state index in [0.717, 1.165) is 11.1 Å². The number of nitro benzene ring substituents is 1. The third kappa shape index (κ3) is 5.05. The molecule has 0 saturated carbocycles. The molecular formula is C22H21ClN2O4S. The lowest BCUT2D eigenvalue weighted by Gasteiger charge is -2.26. The molecule has 0 heterocycles. The van der Waals surface area contributed by atoms with E-state index in [9.17, 15) is 20.3 Å². The van der Waals surface area contributed by atoms with Crippen molar-refractivity contribution in [2.45, 2.75) is 31.4 Å². The Morgan fingerprint density at radius 2 is 1.87 bits per heavy atom. The first-order valence-corrected chi connectivity index (χ1v) is 10.4. The molecule has 0 amide bonds. The number of benzene rings is 3. The SMILES string of the molecule is Cc1ccc([N+](=O)[O-])cc1SN(Cc1ccccc1)c1cc(Cl)cc(C(C)O)c1O. The second kappa shape index (κ2) is 9.38.